The number of fused-ring (bicyclic) bond motifs is 1. The van der Waals surface area contributed by atoms with Crippen molar-refractivity contribution in [3.05, 3.63) is 42.0 Å². The first-order valence-corrected chi connectivity index (χ1v) is 11.2. The first kappa shape index (κ1) is 19.8. The number of hydrogen-bond acceptors (Lipinski definition) is 5. The maximum atomic E-state index is 13.3. The van der Waals surface area contributed by atoms with Crippen LogP contribution in [0.4, 0.5) is 0 Å². The molecule has 2 aromatic rings. The Morgan fingerprint density at radius 1 is 1.00 bits per heavy atom. The zero-order chi connectivity index (χ0) is 20.8. The number of aliphatic carboxylic acids is 1. The second-order valence-corrected chi connectivity index (χ2v) is 9.66. The van der Waals surface area contributed by atoms with Gasteiger partial charge in [0.05, 0.1) is 11.4 Å². The van der Waals surface area contributed by atoms with Crippen molar-refractivity contribution in [3.8, 4) is 11.8 Å². The molecule has 9 heteroatoms. The molecule has 4 rings (SSSR count). The highest BCUT2D eigenvalue weighted by molar-refractivity contribution is 7.89. The van der Waals surface area contributed by atoms with Gasteiger partial charge < -0.3 is 15.3 Å². The van der Waals surface area contributed by atoms with E-state index in [0.29, 0.717) is 18.4 Å². The SMILES string of the molecule is O=C(O)[C@H]1C[C@@H]2CCCC[C@@H]2N1S(=O)(=O)c1ccc(Cn2c(O)ccc2O)cc1. The standard InChI is InChI=1S/C20H24N2O6S/c23-18-9-10-19(24)21(18)12-13-5-7-15(8-6-13)29(27,28)22-16-4-2-1-3-14(16)11-17(22)20(25)26/h5-10,14,16-17,23-24H,1-4,11-12H2,(H,25,26)/t14-,16-,17+/m0/s1. The van der Waals surface area contributed by atoms with Gasteiger partial charge >= 0.3 is 5.97 Å². The predicted molar refractivity (Wildman–Crippen MR) is 104 cm³/mol. The zero-order valence-electron chi connectivity index (χ0n) is 15.8. The van der Waals surface area contributed by atoms with Crippen LogP contribution in [0.25, 0.3) is 0 Å². The average Bonchev–Trinajstić information content (AvgIpc) is 3.24. The second-order valence-electron chi connectivity index (χ2n) is 7.82. The summed E-state index contributed by atoms with van der Waals surface area (Å²) in [4.78, 5) is 11.8. The summed E-state index contributed by atoms with van der Waals surface area (Å²) in [7, 11) is -3.95. The van der Waals surface area contributed by atoms with Crippen molar-refractivity contribution in [2.45, 2.75) is 55.6 Å². The molecule has 3 N–H and O–H groups in total. The van der Waals surface area contributed by atoms with Crippen molar-refractivity contribution >= 4 is 16.0 Å². The summed E-state index contributed by atoms with van der Waals surface area (Å²) in [6, 6.07) is 7.58. The van der Waals surface area contributed by atoms with Crippen molar-refractivity contribution in [1.29, 1.82) is 0 Å². The molecule has 1 aliphatic heterocycles. The first-order chi connectivity index (χ1) is 13.8. The molecule has 1 saturated heterocycles. The Balaban J connectivity index is 1.61. The molecule has 0 unspecified atom stereocenters. The molecule has 0 bridgehead atoms. The fourth-order valence-electron chi connectivity index (χ4n) is 4.65. The highest BCUT2D eigenvalue weighted by Crippen LogP contribution is 2.42. The normalized spacial score (nSPS) is 25.0. The van der Waals surface area contributed by atoms with Crippen molar-refractivity contribution in [1.82, 2.24) is 8.87 Å². The maximum Gasteiger partial charge on any atom is 0.322 e. The van der Waals surface area contributed by atoms with Gasteiger partial charge in [0.25, 0.3) is 0 Å². The molecular formula is C20H24N2O6S. The number of benzene rings is 1. The predicted octanol–water partition coefficient (Wildman–Crippen LogP) is 2.35. The lowest BCUT2D eigenvalue weighted by Gasteiger charge is -2.32. The van der Waals surface area contributed by atoms with Crippen LogP contribution in [-0.2, 0) is 21.4 Å². The van der Waals surface area contributed by atoms with Crippen LogP contribution in [0.3, 0.4) is 0 Å². The summed E-state index contributed by atoms with van der Waals surface area (Å²) in [6.07, 6.45) is 3.84. The Hall–Kier alpha value is -2.52. The lowest BCUT2D eigenvalue weighted by molar-refractivity contribution is -0.141. The van der Waals surface area contributed by atoms with E-state index < -0.39 is 22.0 Å². The Morgan fingerprint density at radius 3 is 2.24 bits per heavy atom. The third-order valence-electron chi connectivity index (χ3n) is 6.09. The van der Waals surface area contributed by atoms with Crippen LogP contribution < -0.4 is 0 Å². The van der Waals surface area contributed by atoms with Crippen molar-refractivity contribution in [3.63, 3.8) is 0 Å². The second kappa shape index (κ2) is 7.38. The summed E-state index contributed by atoms with van der Waals surface area (Å²) >= 11 is 0. The Labute approximate surface area is 169 Å². The number of carbonyl (C=O) groups is 1. The van der Waals surface area contributed by atoms with Crippen LogP contribution in [0.5, 0.6) is 11.8 Å². The molecule has 1 aromatic heterocycles. The largest absolute Gasteiger partial charge is 0.494 e. The molecule has 0 spiro atoms. The van der Waals surface area contributed by atoms with Gasteiger partial charge in [-0.2, -0.15) is 4.31 Å². The van der Waals surface area contributed by atoms with Gasteiger partial charge in [0.15, 0.2) is 11.8 Å². The van der Waals surface area contributed by atoms with Gasteiger partial charge in [0, 0.05) is 18.2 Å². The van der Waals surface area contributed by atoms with Gasteiger partial charge in [-0.15, -0.1) is 0 Å². The quantitative estimate of drug-likeness (QED) is 0.683. The van der Waals surface area contributed by atoms with E-state index in [4.69, 9.17) is 0 Å². The highest BCUT2D eigenvalue weighted by Gasteiger charge is 2.51. The molecule has 156 valence electrons. The van der Waals surface area contributed by atoms with E-state index in [1.54, 1.807) is 12.1 Å². The van der Waals surface area contributed by atoms with E-state index in [-0.39, 0.29) is 35.2 Å². The summed E-state index contributed by atoms with van der Waals surface area (Å²) in [5.41, 5.74) is 0.692. The number of rotatable bonds is 5. The molecule has 2 aliphatic rings. The molecule has 29 heavy (non-hydrogen) atoms. The Morgan fingerprint density at radius 2 is 1.62 bits per heavy atom. The van der Waals surface area contributed by atoms with Gasteiger partial charge in [0.1, 0.15) is 6.04 Å². The molecule has 1 aliphatic carbocycles. The van der Waals surface area contributed by atoms with Crippen molar-refractivity contribution < 1.29 is 28.5 Å². The van der Waals surface area contributed by atoms with Crippen LogP contribution in [-0.4, -0.2) is 50.7 Å². The van der Waals surface area contributed by atoms with Crippen molar-refractivity contribution in [2.75, 3.05) is 0 Å². The minimum Gasteiger partial charge on any atom is -0.494 e. The smallest absolute Gasteiger partial charge is 0.322 e. The van der Waals surface area contributed by atoms with E-state index in [9.17, 15) is 28.5 Å². The average molecular weight is 420 g/mol. The number of nitrogens with zero attached hydrogens (tertiary/aromatic N) is 2. The van der Waals surface area contributed by atoms with Gasteiger partial charge in [-0.05, 0) is 42.9 Å². The fraction of sp³-hybridized carbons (Fsp3) is 0.450. The number of sulfonamides is 1. The lowest BCUT2D eigenvalue weighted by atomic mass is 9.85. The van der Waals surface area contributed by atoms with E-state index in [1.165, 1.54) is 33.1 Å². The van der Waals surface area contributed by atoms with Crippen LogP contribution in [0.15, 0.2) is 41.3 Å². The van der Waals surface area contributed by atoms with Gasteiger partial charge in [-0.3, -0.25) is 9.36 Å². The van der Waals surface area contributed by atoms with Crippen LogP contribution in [0.2, 0.25) is 0 Å². The monoisotopic (exact) mass is 420 g/mol. The maximum absolute atomic E-state index is 13.3. The molecule has 0 amide bonds. The third-order valence-corrected chi connectivity index (χ3v) is 8.04. The first-order valence-electron chi connectivity index (χ1n) is 9.72. The lowest BCUT2D eigenvalue weighted by Crippen LogP contribution is -2.46. The number of aromatic nitrogens is 1. The van der Waals surface area contributed by atoms with Crippen LogP contribution >= 0.6 is 0 Å². The van der Waals surface area contributed by atoms with Gasteiger partial charge in [0.2, 0.25) is 10.0 Å². The Bertz CT molecular complexity index is 995. The minimum absolute atomic E-state index is 0.0553. The van der Waals surface area contributed by atoms with E-state index in [0.717, 1.165) is 19.3 Å². The topological polar surface area (TPSA) is 120 Å². The summed E-state index contributed by atoms with van der Waals surface area (Å²) in [6.45, 7) is 0.178. The molecule has 0 radical (unpaired) electrons. The minimum atomic E-state index is -3.95. The molecule has 1 saturated carbocycles. The van der Waals surface area contributed by atoms with E-state index in [2.05, 4.69) is 0 Å². The molecule has 3 atom stereocenters. The molecule has 2 heterocycles. The summed E-state index contributed by atoms with van der Waals surface area (Å²) < 4.78 is 29.1. The van der Waals surface area contributed by atoms with Crippen LogP contribution in [0.1, 0.15) is 37.7 Å². The number of hydrogen-bond donors (Lipinski definition) is 3. The summed E-state index contributed by atoms with van der Waals surface area (Å²) in [5.74, 6) is -1.19. The zero-order valence-corrected chi connectivity index (χ0v) is 16.6. The molecule has 1 aromatic carbocycles. The van der Waals surface area contributed by atoms with E-state index in [1.807, 2.05) is 0 Å². The highest BCUT2D eigenvalue weighted by atomic mass is 32.2. The number of carboxylic acid groups (broad SMARTS) is 1. The number of carboxylic acids is 1. The summed E-state index contributed by atoms with van der Waals surface area (Å²) in [5, 5.41) is 29.1. The fourth-order valence-corrected chi connectivity index (χ4v) is 6.52. The molecular weight excluding hydrogens is 396 g/mol. The van der Waals surface area contributed by atoms with Crippen molar-refractivity contribution in [2.24, 2.45) is 5.92 Å². The van der Waals surface area contributed by atoms with Gasteiger partial charge in [-0.1, -0.05) is 25.0 Å². The van der Waals surface area contributed by atoms with Gasteiger partial charge in [-0.25, -0.2) is 8.42 Å². The molecule has 8 nitrogen and oxygen atoms in total. The Kier molecular flexibility index (Phi) is 5.04. The molecule has 2 fully saturated rings. The third kappa shape index (κ3) is 3.49. The number of aromatic hydroxyl groups is 2. The van der Waals surface area contributed by atoms with Crippen LogP contribution in [0, 0.1) is 5.92 Å². The van der Waals surface area contributed by atoms with E-state index >= 15 is 0 Å².